The van der Waals surface area contributed by atoms with Gasteiger partial charge in [-0.15, -0.1) is 0 Å². The van der Waals surface area contributed by atoms with Crippen molar-refractivity contribution >= 4 is 11.6 Å². The molecule has 0 aromatic carbocycles. The first-order valence-electron chi connectivity index (χ1n) is 4.79. The number of hydrogen-bond acceptors (Lipinski definition) is 3. The predicted octanol–water partition coefficient (Wildman–Crippen LogP) is 2.95. The van der Waals surface area contributed by atoms with Gasteiger partial charge in [-0.3, -0.25) is 0 Å². The first kappa shape index (κ1) is 11.2. The van der Waals surface area contributed by atoms with Crippen molar-refractivity contribution in [2.45, 2.75) is 26.7 Å². The Morgan fingerprint density at radius 2 is 2.21 bits per heavy atom. The van der Waals surface area contributed by atoms with Crippen molar-refractivity contribution in [2.75, 3.05) is 6.61 Å². The van der Waals surface area contributed by atoms with Crippen molar-refractivity contribution < 1.29 is 4.74 Å². The van der Waals surface area contributed by atoms with Gasteiger partial charge in [0.2, 0.25) is 5.88 Å². The third-order valence-electron chi connectivity index (χ3n) is 1.78. The summed E-state index contributed by atoms with van der Waals surface area (Å²) >= 11 is 5.68. The van der Waals surface area contributed by atoms with Crippen LogP contribution in [-0.2, 0) is 0 Å². The molecule has 0 fully saturated rings. The molecule has 0 aliphatic heterocycles. The van der Waals surface area contributed by atoms with Crippen LogP contribution in [0.15, 0.2) is 12.4 Å². The van der Waals surface area contributed by atoms with Crippen LogP contribution in [0.5, 0.6) is 5.88 Å². The first-order valence-corrected chi connectivity index (χ1v) is 5.16. The van der Waals surface area contributed by atoms with Gasteiger partial charge >= 0.3 is 0 Å². The van der Waals surface area contributed by atoms with E-state index in [-0.39, 0.29) is 0 Å². The second kappa shape index (κ2) is 5.81. The van der Waals surface area contributed by atoms with Crippen LogP contribution >= 0.6 is 11.6 Å². The highest BCUT2D eigenvalue weighted by Crippen LogP contribution is 2.11. The maximum Gasteiger partial charge on any atom is 0.217 e. The zero-order valence-electron chi connectivity index (χ0n) is 8.53. The fourth-order valence-corrected chi connectivity index (χ4v) is 1.20. The molecule has 0 saturated heterocycles. The van der Waals surface area contributed by atoms with Gasteiger partial charge in [-0.05, 0) is 18.8 Å². The number of rotatable bonds is 5. The van der Waals surface area contributed by atoms with Gasteiger partial charge in [0, 0.05) is 6.07 Å². The van der Waals surface area contributed by atoms with Crippen LogP contribution in [0.2, 0.25) is 5.15 Å². The third-order valence-corrected chi connectivity index (χ3v) is 1.99. The highest BCUT2D eigenvalue weighted by molar-refractivity contribution is 6.29. The van der Waals surface area contributed by atoms with E-state index in [0.29, 0.717) is 23.6 Å². The van der Waals surface area contributed by atoms with Gasteiger partial charge in [-0.25, -0.2) is 9.97 Å². The Morgan fingerprint density at radius 3 is 2.86 bits per heavy atom. The molecule has 0 amide bonds. The molecule has 1 rings (SSSR count). The Labute approximate surface area is 89.5 Å². The largest absolute Gasteiger partial charge is 0.478 e. The molecule has 1 aromatic heterocycles. The lowest BCUT2D eigenvalue weighted by Crippen LogP contribution is -2.01. The van der Waals surface area contributed by atoms with Gasteiger partial charge < -0.3 is 4.74 Å². The first-order chi connectivity index (χ1) is 6.68. The topological polar surface area (TPSA) is 35.0 Å². The minimum absolute atomic E-state index is 0.416. The second-order valence-electron chi connectivity index (χ2n) is 3.56. The Morgan fingerprint density at radius 1 is 1.43 bits per heavy atom. The standard InChI is InChI=1S/C10H15ClN2O/c1-8(2)4-3-5-14-10-6-9(11)12-7-13-10/h6-8H,3-5H2,1-2H3. The molecular weight excluding hydrogens is 200 g/mol. The number of ether oxygens (including phenoxy) is 1. The van der Waals surface area contributed by atoms with Crippen LogP contribution in [0.1, 0.15) is 26.7 Å². The van der Waals surface area contributed by atoms with Gasteiger partial charge in [-0.2, -0.15) is 0 Å². The fraction of sp³-hybridized carbons (Fsp3) is 0.600. The zero-order valence-corrected chi connectivity index (χ0v) is 9.29. The summed E-state index contributed by atoms with van der Waals surface area (Å²) in [7, 11) is 0. The van der Waals surface area contributed by atoms with E-state index in [0.717, 1.165) is 6.42 Å². The number of halogens is 1. The van der Waals surface area contributed by atoms with E-state index >= 15 is 0 Å². The Balaban J connectivity index is 2.25. The van der Waals surface area contributed by atoms with E-state index in [1.54, 1.807) is 6.07 Å². The lowest BCUT2D eigenvalue weighted by atomic mass is 10.1. The monoisotopic (exact) mass is 214 g/mol. The molecular formula is C10H15ClN2O. The van der Waals surface area contributed by atoms with E-state index < -0.39 is 0 Å². The predicted molar refractivity (Wildman–Crippen MR) is 56.6 cm³/mol. The molecule has 0 aliphatic carbocycles. The lowest BCUT2D eigenvalue weighted by molar-refractivity contribution is 0.286. The molecule has 0 saturated carbocycles. The third kappa shape index (κ3) is 4.42. The molecule has 0 spiro atoms. The maximum atomic E-state index is 5.68. The van der Waals surface area contributed by atoms with Gasteiger partial charge in [0.1, 0.15) is 11.5 Å². The SMILES string of the molecule is CC(C)CCCOc1cc(Cl)ncn1. The lowest BCUT2D eigenvalue weighted by Gasteiger charge is -2.06. The Bertz CT molecular complexity index is 279. The molecule has 0 unspecified atom stereocenters. The second-order valence-corrected chi connectivity index (χ2v) is 3.95. The molecule has 3 nitrogen and oxygen atoms in total. The van der Waals surface area contributed by atoms with Gasteiger partial charge in [0.25, 0.3) is 0 Å². The summed E-state index contributed by atoms with van der Waals surface area (Å²) in [5.74, 6) is 1.27. The summed E-state index contributed by atoms with van der Waals surface area (Å²) in [5.41, 5.74) is 0. The maximum absolute atomic E-state index is 5.68. The molecule has 0 radical (unpaired) electrons. The normalized spacial score (nSPS) is 10.6. The molecule has 4 heteroatoms. The minimum atomic E-state index is 0.416. The number of hydrogen-bond donors (Lipinski definition) is 0. The molecule has 1 aromatic rings. The summed E-state index contributed by atoms with van der Waals surface area (Å²) in [4.78, 5) is 7.71. The van der Waals surface area contributed by atoms with Crippen LogP contribution in [0.3, 0.4) is 0 Å². The molecule has 14 heavy (non-hydrogen) atoms. The zero-order chi connectivity index (χ0) is 10.4. The molecule has 0 N–H and O–H groups in total. The van der Waals surface area contributed by atoms with Crippen molar-refractivity contribution in [1.29, 1.82) is 0 Å². The van der Waals surface area contributed by atoms with Crippen LogP contribution in [-0.4, -0.2) is 16.6 Å². The summed E-state index contributed by atoms with van der Waals surface area (Å²) in [6, 6.07) is 1.62. The van der Waals surface area contributed by atoms with Gasteiger partial charge in [-0.1, -0.05) is 25.4 Å². The van der Waals surface area contributed by atoms with E-state index in [2.05, 4.69) is 23.8 Å². The smallest absolute Gasteiger partial charge is 0.217 e. The molecule has 0 bridgehead atoms. The van der Waals surface area contributed by atoms with E-state index in [9.17, 15) is 0 Å². The number of aromatic nitrogens is 2. The van der Waals surface area contributed by atoms with Crippen LogP contribution in [0.25, 0.3) is 0 Å². The molecule has 1 heterocycles. The summed E-state index contributed by atoms with van der Waals surface area (Å²) < 4.78 is 5.40. The van der Waals surface area contributed by atoms with Crippen molar-refractivity contribution in [2.24, 2.45) is 5.92 Å². The van der Waals surface area contributed by atoms with Crippen molar-refractivity contribution in [3.8, 4) is 5.88 Å². The van der Waals surface area contributed by atoms with Gasteiger partial charge in [0.05, 0.1) is 6.61 Å². The Kier molecular flexibility index (Phi) is 4.66. The molecule has 0 atom stereocenters. The summed E-state index contributed by atoms with van der Waals surface area (Å²) in [6.07, 6.45) is 3.61. The van der Waals surface area contributed by atoms with Crippen LogP contribution in [0.4, 0.5) is 0 Å². The van der Waals surface area contributed by atoms with Crippen molar-refractivity contribution in [3.63, 3.8) is 0 Å². The fourth-order valence-electron chi connectivity index (χ4n) is 1.06. The van der Waals surface area contributed by atoms with Crippen molar-refractivity contribution in [3.05, 3.63) is 17.5 Å². The van der Waals surface area contributed by atoms with E-state index in [4.69, 9.17) is 16.3 Å². The van der Waals surface area contributed by atoms with Crippen LogP contribution < -0.4 is 4.74 Å². The van der Waals surface area contributed by atoms with E-state index in [1.165, 1.54) is 12.7 Å². The minimum Gasteiger partial charge on any atom is -0.478 e. The molecule has 0 aliphatic rings. The Hall–Kier alpha value is -0.830. The average molecular weight is 215 g/mol. The van der Waals surface area contributed by atoms with Crippen molar-refractivity contribution in [1.82, 2.24) is 9.97 Å². The quantitative estimate of drug-likeness (QED) is 0.559. The summed E-state index contributed by atoms with van der Waals surface area (Å²) in [6.45, 7) is 5.08. The summed E-state index contributed by atoms with van der Waals surface area (Å²) in [5, 5.41) is 0.416. The molecule has 78 valence electrons. The van der Waals surface area contributed by atoms with Crippen LogP contribution in [0, 0.1) is 5.92 Å². The van der Waals surface area contributed by atoms with Gasteiger partial charge in [0.15, 0.2) is 0 Å². The highest BCUT2D eigenvalue weighted by Gasteiger charge is 1.98. The number of nitrogens with zero attached hydrogens (tertiary/aromatic N) is 2. The highest BCUT2D eigenvalue weighted by atomic mass is 35.5. The average Bonchev–Trinajstić information content (AvgIpc) is 2.12. The van der Waals surface area contributed by atoms with E-state index in [1.807, 2.05) is 0 Å².